The first-order chi connectivity index (χ1) is 16.0. The Morgan fingerprint density at radius 1 is 0.970 bits per heavy atom. The first kappa shape index (κ1) is 26.6. The number of ether oxygens (including phenoxy) is 2. The van der Waals surface area contributed by atoms with Gasteiger partial charge >= 0.3 is 5.97 Å². The maximum absolute atomic E-state index is 11.6. The largest absolute Gasteiger partial charge is 0.494 e. The van der Waals surface area contributed by atoms with Gasteiger partial charge in [0.15, 0.2) is 0 Å². The zero-order chi connectivity index (χ0) is 23.9. The van der Waals surface area contributed by atoms with Gasteiger partial charge in [-0.25, -0.2) is 4.68 Å². The number of rotatable bonds is 16. The number of carbonyl (C=O) groups excluding carboxylic acids is 1. The Balaban J connectivity index is 1.52. The maximum atomic E-state index is 11.6. The van der Waals surface area contributed by atoms with Gasteiger partial charge in [0.25, 0.3) is 0 Å². The van der Waals surface area contributed by atoms with Crippen molar-refractivity contribution in [2.75, 3.05) is 13.2 Å². The number of esters is 1. The van der Waals surface area contributed by atoms with Crippen LogP contribution >= 0.6 is 0 Å². The molecule has 182 valence electrons. The van der Waals surface area contributed by atoms with Crippen LogP contribution < -0.4 is 4.74 Å². The number of aryl methyl sites for hydroxylation is 2. The zero-order valence-electron chi connectivity index (χ0n) is 20.8. The summed E-state index contributed by atoms with van der Waals surface area (Å²) in [5.74, 6) is 0.880. The van der Waals surface area contributed by atoms with Crippen molar-refractivity contribution in [2.24, 2.45) is 11.0 Å². The fourth-order valence-electron chi connectivity index (χ4n) is 3.54. The second-order valence-electron chi connectivity index (χ2n) is 8.71. The Kier molecular flexibility index (Phi) is 12.2. The third-order valence-corrected chi connectivity index (χ3v) is 5.86. The van der Waals surface area contributed by atoms with Gasteiger partial charge in [0, 0.05) is 5.56 Å². The molecule has 0 fully saturated rings. The molecule has 2 rings (SSSR count). The summed E-state index contributed by atoms with van der Waals surface area (Å²) in [5.41, 5.74) is 3.36. The lowest BCUT2D eigenvalue weighted by Crippen LogP contribution is -2.14. The molecule has 7 nitrogen and oxygen atoms in total. The predicted molar refractivity (Wildman–Crippen MR) is 132 cm³/mol. The SMILES string of the molecule is CCC(C)C(=O)OCCCCCCCCCCOc1cc(C)c(/C=N/n2cnnc2)c(C)c1. The fourth-order valence-corrected chi connectivity index (χ4v) is 3.54. The van der Waals surface area contributed by atoms with E-state index in [4.69, 9.17) is 9.47 Å². The van der Waals surface area contributed by atoms with Crippen LogP contribution in [0.2, 0.25) is 0 Å². The minimum absolute atomic E-state index is 0.0205. The minimum Gasteiger partial charge on any atom is -0.494 e. The van der Waals surface area contributed by atoms with Crippen molar-refractivity contribution in [3.63, 3.8) is 0 Å². The number of hydrogen-bond donors (Lipinski definition) is 0. The Bertz CT molecular complexity index is 826. The summed E-state index contributed by atoms with van der Waals surface area (Å²) in [5, 5.41) is 11.8. The van der Waals surface area contributed by atoms with Crippen molar-refractivity contribution in [3.8, 4) is 5.75 Å². The van der Waals surface area contributed by atoms with Gasteiger partial charge in [0.2, 0.25) is 0 Å². The topological polar surface area (TPSA) is 78.6 Å². The van der Waals surface area contributed by atoms with Crippen molar-refractivity contribution in [3.05, 3.63) is 41.5 Å². The summed E-state index contributed by atoms with van der Waals surface area (Å²) in [4.78, 5) is 11.6. The second kappa shape index (κ2) is 15.2. The van der Waals surface area contributed by atoms with Crippen LogP contribution in [0.25, 0.3) is 0 Å². The molecule has 0 saturated carbocycles. The van der Waals surface area contributed by atoms with Crippen molar-refractivity contribution in [1.82, 2.24) is 14.9 Å². The Morgan fingerprint density at radius 2 is 1.52 bits per heavy atom. The molecule has 0 aliphatic carbocycles. The molecule has 1 aromatic carbocycles. The molecular weight excluding hydrogens is 416 g/mol. The van der Waals surface area contributed by atoms with E-state index in [1.54, 1.807) is 17.3 Å². The Morgan fingerprint density at radius 3 is 2.09 bits per heavy atom. The Labute approximate surface area is 198 Å². The van der Waals surface area contributed by atoms with Crippen LogP contribution in [0.4, 0.5) is 0 Å². The van der Waals surface area contributed by atoms with Gasteiger partial charge in [-0.3, -0.25) is 4.79 Å². The highest BCUT2D eigenvalue weighted by atomic mass is 16.5. The lowest BCUT2D eigenvalue weighted by molar-refractivity contribution is -0.148. The van der Waals surface area contributed by atoms with Crippen LogP contribution in [0, 0.1) is 19.8 Å². The van der Waals surface area contributed by atoms with Crippen LogP contribution in [-0.2, 0) is 9.53 Å². The molecule has 0 radical (unpaired) electrons. The summed E-state index contributed by atoms with van der Waals surface area (Å²) in [6.07, 6.45) is 15.1. The molecule has 1 atom stereocenters. The monoisotopic (exact) mass is 456 g/mol. The Hall–Kier alpha value is -2.70. The fraction of sp³-hybridized carbons (Fsp3) is 0.615. The average molecular weight is 457 g/mol. The molecule has 1 unspecified atom stereocenters. The van der Waals surface area contributed by atoms with Crippen LogP contribution in [0.15, 0.2) is 29.9 Å². The number of carbonyl (C=O) groups is 1. The van der Waals surface area contributed by atoms with E-state index < -0.39 is 0 Å². The molecule has 0 N–H and O–H groups in total. The lowest BCUT2D eigenvalue weighted by atomic mass is 10.0. The van der Waals surface area contributed by atoms with Crippen LogP contribution in [0.3, 0.4) is 0 Å². The van der Waals surface area contributed by atoms with Crippen molar-refractivity contribution >= 4 is 12.2 Å². The van der Waals surface area contributed by atoms with Gasteiger partial charge in [-0.15, -0.1) is 10.2 Å². The highest BCUT2D eigenvalue weighted by Crippen LogP contribution is 2.21. The van der Waals surface area contributed by atoms with Crippen molar-refractivity contribution in [1.29, 1.82) is 0 Å². The van der Waals surface area contributed by atoms with E-state index in [2.05, 4.69) is 41.3 Å². The molecule has 0 saturated heterocycles. The van der Waals surface area contributed by atoms with Gasteiger partial charge in [-0.2, -0.15) is 5.10 Å². The number of nitrogens with zero attached hydrogens (tertiary/aromatic N) is 4. The van der Waals surface area contributed by atoms with E-state index in [1.807, 2.05) is 20.1 Å². The molecule has 7 heteroatoms. The molecule has 1 heterocycles. The van der Waals surface area contributed by atoms with Gasteiger partial charge in [-0.1, -0.05) is 52.4 Å². The highest BCUT2D eigenvalue weighted by molar-refractivity contribution is 5.84. The van der Waals surface area contributed by atoms with Crippen LogP contribution in [0.5, 0.6) is 5.75 Å². The third-order valence-electron chi connectivity index (χ3n) is 5.86. The molecule has 0 aliphatic heterocycles. The van der Waals surface area contributed by atoms with E-state index in [1.165, 1.54) is 32.1 Å². The lowest BCUT2D eigenvalue weighted by Gasteiger charge is -2.11. The van der Waals surface area contributed by atoms with Crippen molar-refractivity contribution in [2.45, 2.75) is 85.5 Å². The van der Waals surface area contributed by atoms with Crippen molar-refractivity contribution < 1.29 is 14.3 Å². The van der Waals surface area contributed by atoms with Gasteiger partial charge in [0.05, 0.1) is 25.3 Å². The first-order valence-corrected chi connectivity index (χ1v) is 12.3. The second-order valence-corrected chi connectivity index (χ2v) is 8.71. The summed E-state index contributed by atoms with van der Waals surface area (Å²) in [7, 11) is 0. The summed E-state index contributed by atoms with van der Waals surface area (Å²) in [6.45, 7) is 9.39. The zero-order valence-corrected chi connectivity index (χ0v) is 20.8. The van der Waals surface area contributed by atoms with Gasteiger partial charge < -0.3 is 9.47 Å². The van der Waals surface area contributed by atoms with E-state index in [0.29, 0.717) is 6.61 Å². The molecule has 2 aromatic rings. The molecule has 0 bridgehead atoms. The van der Waals surface area contributed by atoms with E-state index >= 15 is 0 Å². The molecule has 33 heavy (non-hydrogen) atoms. The molecule has 0 spiro atoms. The normalized spacial score (nSPS) is 12.2. The van der Waals surface area contributed by atoms with Gasteiger partial charge in [0.1, 0.15) is 18.4 Å². The number of benzene rings is 1. The smallest absolute Gasteiger partial charge is 0.308 e. The summed E-state index contributed by atoms with van der Waals surface area (Å²) < 4.78 is 12.8. The van der Waals surface area contributed by atoms with E-state index in [0.717, 1.165) is 54.7 Å². The predicted octanol–water partition coefficient (Wildman–Crippen LogP) is 5.87. The standard InChI is InChI=1S/C26H40N4O3/c1-5-21(2)26(31)33-15-13-11-9-7-6-8-10-12-14-32-24-16-22(3)25(23(4)17-24)18-29-30-19-27-28-20-30/h16-21H,5-15H2,1-4H3/b29-18+. The first-order valence-electron chi connectivity index (χ1n) is 12.3. The quantitative estimate of drug-likeness (QED) is 0.179. The maximum Gasteiger partial charge on any atom is 0.308 e. The van der Waals surface area contributed by atoms with Crippen LogP contribution in [0.1, 0.15) is 88.3 Å². The van der Waals surface area contributed by atoms with E-state index in [9.17, 15) is 4.79 Å². The summed E-state index contributed by atoms with van der Waals surface area (Å²) in [6, 6.07) is 4.14. The average Bonchev–Trinajstić information content (AvgIpc) is 3.32. The highest BCUT2D eigenvalue weighted by Gasteiger charge is 2.11. The minimum atomic E-state index is -0.0572. The van der Waals surface area contributed by atoms with Crippen LogP contribution in [-0.4, -0.2) is 40.3 Å². The number of hydrogen-bond acceptors (Lipinski definition) is 6. The molecule has 0 aliphatic rings. The molecule has 0 amide bonds. The summed E-state index contributed by atoms with van der Waals surface area (Å²) >= 11 is 0. The number of unbranched alkanes of at least 4 members (excludes halogenated alkanes) is 7. The third kappa shape index (κ3) is 10.2. The van der Waals surface area contributed by atoms with Gasteiger partial charge in [-0.05, 0) is 56.4 Å². The molecule has 1 aromatic heterocycles. The van der Waals surface area contributed by atoms with E-state index in [-0.39, 0.29) is 11.9 Å². The number of aromatic nitrogens is 3. The molecular formula is C26H40N4O3.